The van der Waals surface area contributed by atoms with Gasteiger partial charge in [0.2, 0.25) is 0 Å². The molecule has 180 valence electrons. The van der Waals surface area contributed by atoms with Crippen LogP contribution in [0.1, 0.15) is 49.2 Å². The van der Waals surface area contributed by atoms with E-state index >= 15 is 8.78 Å². The summed E-state index contributed by atoms with van der Waals surface area (Å²) >= 11 is 0. The van der Waals surface area contributed by atoms with E-state index in [1.54, 1.807) is 12.0 Å². The van der Waals surface area contributed by atoms with Crippen molar-refractivity contribution >= 4 is 22.9 Å². The van der Waals surface area contributed by atoms with Crippen molar-refractivity contribution in [3.8, 4) is 5.75 Å². The molecule has 3 aromatic rings. The lowest BCUT2D eigenvalue weighted by Crippen LogP contribution is -2.48. The van der Waals surface area contributed by atoms with Crippen molar-refractivity contribution in [1.29, 1.82) is 0 Å². The molecule has 5 nitrogen and oxygen atoms in total. The summed E-state index contributed by atoms with van der Waals surface area (Å²) in [6.45, 7) is 4.77. The van der Waals surface area contributed by atoms with Gasteiger partial charge in [0.15, 0.2) is 0 Å². The number of halogens is 3. The second-order valence-electron chi connectivity index (χ2n) is 9.35. The second kappa shape index (κ2) is 8.83. The number of rotatable bonds is 6. The van der Waals surface area contributed by atoms with E-state index in [9.17, 15) is 9.18 Å². The Bertz CT molecular complexity index is 1250. The average Bonchev–Trinajstić information content (AvgIpc) is 3.10. The molecule has 0 spiro atoms. The zero-order chi connectivity index (χ0) is 24.8. The van der Waals surface area contributed by atoms with Crippen LogP contribution < -0.4 is 4.74 Å². The fraction of sp³-hybridized carbons (Fsp3) is 0.346. The first kappa shape index (κ1) is 23.9. The number of nitrogens with one attached hydrogen (secondary N) is 1. The predicted octanol–water partition coefficient (Wildman–Crippen LogP) is 5.64. The van der Waals surface area contributed by atoms with E-state index in [-0.39, 0.29) is 23.7 Å². The number of carboxylic acids is 1. The molecule has 0 saturated carbocycles. The van der Waals surface area contributed by atoms with Gasteiger partial charge in [-0.25, -0.2) is 18.0 Å². The third kappa shape index (κ3) is 4.55. The van der Waals surface area contributed by atoms with Gasteiger partial charge in [0, 0.05) is 46.9 Å². The summed E-state index contributed by atoms with van der Waals surface area (Å²) in [5, 5.41) is 9.75. The fourth-order valence-electron chi connectivity index (χ4n) is 4.79. The smallest absolute Gasteiger partial charge is 0.328 e. The normalized spacial score (nSPS) is 19.0. The largest absolute Gasteiger partial charge is 0.497 e. The number of hydrogen-bond acceptors (Lipinski definition) is 3. The molecule has 2 N–H and O–H groups in total. The highest BCUT2D eigenvalue weighted by Gasteiger charge is 2.40. The fourth-order valence-corrected chi connectivity index (χ4v) is 4.79. The highest BCUT2D eigenvalue weighted by molar-refractivity contribution is 5.87. The number of carboxylic acid groups (broad SMARTS) is 1. The van der Waals surface area contributed by atoms with Gasteiger partial charge >= 0.3 is 5.97 Å². The lowest BCUT2D eigenvalue weighted by atomic mass is 9.87. The summed E-state index contributed by atoms with van der Waals surface area (Å²) in [5.74, 6) is -2.23. The highest BCUT2D eigenvalue weighted by Crippen LogP contribution is 2.43. The van der Waals surface area contributed by atoms with Crippen molar-refractivity contribution in [1.82, 2.24) is 9.88 Å². The van der Waals surface area contributed by atoms with Gasteiger partial charge in [0.25, 0.3) is 0 Å². The molecule has 1 unspecified atom stereocenters. The van der Waals surface area contributed by atoms with Gasteiger partial charge in [-0.2, -0.15) is 0 Å². The van der Waals surface area contributed by atoms with E-state index in [0.29, 0.717) is 17.9 Å². The Balaban J connectivity index is 1.93. The molecule has 2 heterocycles. The SMILES string of the molecule is COc1ccc2c3c([nH]c2c1)[C@@H](c1c(F)cc(/C=C/C(=O)O)cc1F)N(CC(C)(C)F)C(C)C3. The number of aromatic amines is 1. The minimum atomic E-state index is -1.60. The minimum absolute atomic E-state index is 0.0312. The van der Waals surface area contributed by atoms with Gasteiger partial charge in [0.05, 0.1) is 13.2 Å². The van der Waals surface area contributed by atoms with Crippen LogP contribution in [-0.4, -0.2) is 46.3 Å². The first-order valence-corrected chi connectivity index (χ1v) is 11.0. The molecular weight excluding hydrogens is 445 g/mol. The van der Waals surface area contributed by atoms with Gasteiger partial charge < -0.3 is 14.8 Å². The predicted molar refractivity (Wildman–Crippen MR) is 125 cm³/mol. The molecule has 8 heteroatoms. The number of aromatic nitrogens is 1. The number of nitrogens with zero attached hydrogens (tertiary/aromatic N) is 1. The van der Waals surface area contributed by atoms with Crippen LogP contribution in [0, 0.1) is 11.6 Å². The number of benzene rings is 2. The van der Waals surface area contributed by atoms with Gasteiger partial charge in [-0.1, -0.05) is 0 Å². The average molecular weight is 473 g/mol. The number of fused-ring (bicyclic) bond motifs is 3. The van der Waals surface area contributed by atoms with Crippen LogP contribution in [0.25, 0.3) is 17.0 Å². The lowest BCUT2D eigenvalue weighted by molar-refractivity contribution is -0.131. The van der Waals surface area contributed by atoms with Crippen LogP contribution in [-0.2, 0) is 11.2 Å². The van der Waals surface area contributed by atoms with Crippen molar-refractivity contribution in [3.63, 3.8) is 0 Å². The molecule has 0 bridgehead atoms. The van der Waals surface area contributed by atoms with Crippen LogP contribution in [0.3, 0.4) is 0 Å². The number of aliphatic carboxylic acids is 1. The standard InChI is InChI=1S/C26H27F3N2O3/c1-14-9-18-17-7-6-16(34-4)12-21(17)30-24(18)25(31(14)13-26(2,3)29)23-19(27)10-15(11-20(23)28)5-8-22(32)33/h5-8,10-12,14,25,30H,9,13H2,1-4H3,(H,32,33)/b8-5+/t14?,25-/m1/s1. The van der Waals surface area contributed by atoms with Crippen LogP contribution in [0.2, 0.25) is 0 Å². The highest BCUT2D eigenvalue weighted by atomic mass is 19.1. The monoisotopic (exact) mass is 472 g/mol. The van der Waals surface area contributed by atoms with Crippen molar-refractivity contribution in [2.24, 2.45) is 0 Å². The van der Waals surface area contributed by atoms with Gasteiger partial charge in [-0.05, 0) is 68.7 Å². The first-order valence-electron chi connectivity index (χ1n) is 11.0. The summed E-state index contributed by atoms with van der Waals surface area (Å²) < 4.78 is 51.0. The Morgan fingerprint density at radius 3 is 2.53 bits per heavy atom. The zero-order valence-electron chi connectivity index (χ0n) is 19.5. The van der Waals surface area contributed by atoms with E-state index in [1.165, 1.54) is 13.8 Å². The van der Waals surface area contributed by atoms with Crippen LogP contribution in [0.15, 0.2) is 36.4 Å². The summed E-state index contributed by atoms with van der Waals surface area (Å²) in [5.41, 5.74) is 0.585. The molecule has 0 saturated heterocycles. The molecule has 2 atom stereocenters. The van der Waals surface area contributed by atoms with Gasteiger partial charge in [-0.15, -0.1) is 0 Å². The molecule has 1 aliphatic rings. The van der Waals surface area contributed by atoms with E-state index in [1.807, 2.05) is 25.1 Å². The van der Waals surface area contributed by atoms with E-state index < -0.39 is 29.3 Å². The maximum Gasteiger partial charge on any atom is 0.328 e. The number of alkyl halides is 1. The van der Waals surface area contributed by atoms with Gasteiger partial charge in [-0.3, -0.25) is 4.90 Å². The molecule has 0 fully saturated rings. The number of H-pyrrole nitrogens is 1. The third-order valence-corrected chi connectivity index (χ3v) is 6.17. The molecule has 2 aromatic carbocycles. The minimum Gasteiger partial charge on any atom is -0.497 e. The van der Waals surface area contributed by atoms with Crippen LogP contribution in [0.4, 0.5) is 13.2 Å². The number of carbonyl (C=O) groups is 1. The van der Waals surface area contributed by atoms with Crippen LogP contribution >= 0.6 is 0 Å². The molecule has 1 aliphatic heterocycles. The summed E-state index contributed by atoms with van der Waals surface area (Å²) in [6.07, 6.45) is 2.53. The maximum atomic E-state index is 15.4. The van der Waals surface area contributed by atoms with Crippen molar-refractivity contribution in [2.75, 3.05) is 13.7 Å². The van der Waals surface area contributed by atoms with Crippen LogP contribution in [0.5, 0.6) is 5.75 Å². The lowest BCUT2D eigenvalue weighted by Gasteiger charge is -2.43. The van der Waals surface area contributed by atoms with E-state index in [0.717, 1.165) is 40.8 Å². The topological polar surface area (TPSA) is 65.6 Å². The number of methoxy groups -OCH3 is 1. The molecular formula is C26H27F3N2O3. The van der Waals surface area contributed by atoms with Crippen molar-refractivity contribution in [3.05, 3.63) is 70.4 Å². The van der Waals surface area contributed by atoms with E-state index in [4.69, 9.17) is 9.84 Å². The Hall–Kier alpha value is -3.26. The van der Waals surface area contributed by atoms with Gasteiger partial charge in [0.1, 0.15) is 23.1 Å². The summed E-state index contributed by atoms with van der Waals surface area (Å²) in [4.78, 5) is 15.9. The summed E-state index contributed by atoms with van der Waals surface area (Å²) in [6, 6.07) is 6.67. The maximum absolute atomic E-state index is 15.4. The third-order valence-electron chi connectivity index (χ3n) is 6.17. The van der Waals surface area contributed by atoms with E-state index in [2.05, 4.69) is 4.98 Å². The molecule has 1 aromatic heterocycles. The molecule has 0 aliphatic carbocycles. The quantitative estimate of drug-likeness (QED) is 0.456. The Labute approximate surface area is 195 Å². The number of ether oxygens (including phenoxy) is 1. The number of hydrogen-bond donors (Lipinski definition) is 2. The summed E-state index contributed by atoms with van der Waals surface area (Å²) in [7, 11) is 1.56. The molecule has 4 rings (SSSR count). The zero-order valence-corrected chi connectivity index (χ0v) is 19.5. The molecule has 0 radical (unpaired) electrons. The molecule has 34 heavy (non-hydrogen) atoms. The Morgan fingerprint density at radius 1 is 1.26 bits per heavy atom. The Morgan fingerprint density at radius 2 is 1.94 bits per heavy atom. The second-order valence-corrected chi connectivity index (χ2v) is 9.35. The van der Waals surface area contributed by atoms with Crippen molar-refractivity contribution < 1.29 is 27.8 Å². The van der Waals surface area contributed by atoms with Crippen molar-refractivity contribution in [2.45, 2.75) is 44.9 Å². The molecule has 0 amide bonds. The first-order chi connectivity index (χ1) is 16.0. The Kier molecular flexibility index (Phi) is 6.20.